The van der Waals surface area contributed by atoms with E-state index in [2.05, 4.69) is 12.1 Å². The van der Waals surface area contributed by atoms with Crippen molar-refractivity contribution in [3.8, 4) is 5.75 Å². The Kier molecular flexibility index (Phi) is 4.18. The van der Waals surface area contributed by atoms with E-state index in [1.54, 1.807) is 0 Å². The standard InChI is InChI=1S/C15H20O2/c1-2-14(9-10-16)17-15-8-7-12-5-3-4-6-13(12)11-15/h7-8,10-11,14H,2-6,9H2,1H3/t14-/m0/s1. The minimum Gasteiger partial charge on any atom is -0.490 e. The van der Waals surface area contributed by atoms with E-state index in [-0.39, 0.29) is 6.10 Å². The van der Waals surface area contributed by atoms with Gasteiger partial charge in [0.2, 0.25) is 0 Å². The minimum absolute atomic E-state index is 0.0224. The third-order valence-corrected chi connectivity index (χ3v) is 3.44. The Morgan fingerprint density at radius 1 is 1.29 bits per heavy atom. The van der Waals surface area contributed by atoms with E-state index < -0.39 is 0 Å². The van der Waals surface area contributed by atoms with Gasteiger partial charge in [0.15, 0.2) is 0 Å². The number of aldehydes is 1. The van der Waals surface area contributed by atoms with Gasteiger partial charge in [-0.3, -0.25) is 0 Å². The van der Waals surface area contributed by atoms with Gasteiger partial charge in [-0.1, -0.05) is 13.0 Å². The van der Waals surface area contributed by atoms with Crippen LogP contribution in [0, 0.1) is 0 Å². The summed E-state index contributed by atoms with van der Waals surface area (Å²) < 4.78 is 5.84. The number of ether oxygens (including phenoxy) is 1. The molecule has 2 nitrogen and oxygen atoms in total. The van der Waals surface area contributed by atoms with Crippen LogP contribution in [0.4, 0.5) is 0 Å². The van der Waals surface area contributed by atoms with Gasteiger partial charge in [-0.25, -0.2) is 0 Å². The van der Waals surface area contributed by atoms with Crippen LogP contribution in [0.1, 0.15) is 43.7 Å². The summed E-state index contributed by atoms with van der Waals surface area (Å²) in [4.78, 5) is 10.5. The average molecular weight is 232 g/mol. The Morgan fingerprint density at radius 3 is 2.76 bits per heavy atom. The summed E-state index contributed by atoms with van der Waals surface area (Å²) in [5, 5.41) is 0. The topological polar surface area (TPSA) is 26.3 Å². The van der Waals surface area contributed by atoms with E-state index in [0.717, 1.165) is 24.9 Å². The maximum Gasteiger partial charge on any atom is 0.123 e. The molecule has 2 heteroatoms. The van der Waals surface area contributed by atoms with Crippen LogP contribution in [0.15, 0.2) is 18.2 Å². The molecule has 0 bridgehead atoms. The van der Waals surface area contributed by atoms with Crippen LogP contribution in [0.25, 0.3) is 0 Å². The van der Waals surface area contributed by atoms with Gasteiger partial charge in [0.1, 0.15) is 18.1 Å². The largest absolute Gasteiger partial charge is 0.490 e. The second-order valence-electron chi connectivity index (χ2n) is 4.69. The smallest absolute Gasteiger partial charge is 0.123 e. The van der Waals surface area contributed by atoms with Gasteiger partial charge in [-0.05, 0) is 55.4 Å². The second-order valence-corrected chi connectivity index (χ2v) is 4.69. The maximum atomic E-state index is 10.5. The lowest BCUT2D eigenvalue weighted by Gasteiger charge is -2.19. The highest BCUT2D eigenvalue weighted by Crippen LogP contribution is 2.26. The van der Waals surface area contributed by atoms with Crippen molar-refractivity contribution in [1.29, 1.82) is 0 Å². The van der Waals surface area contributed by atoms with Gasteiger partial charge < -0.3 is 9.53 Å². The lowest BCUT2D eigenvalue weighted by atomic mass is 9.92. The molecule has 1 aliphatic rings. The molecule has 0 aliphatic heterocycles. The predicted molar refractivity (Wildman–Crippen MR) is 68.5 cm³/mol. The SMILES string of the molecule is CC[C@@H](CC=O)Oc1ccc2c(c1)CCCC2. The minimum atomic E-state index is 0.0224. The van der Waals surface area contributed by atoms with E-state index in [0.29, 0.717) is 6.42 Å². The number of aryl methyl sites for hydroxylation is 2. The zero-order chi connectivity index (χ0) is 12.1. The summed E-state index contributed by atoms with van der Waals surface area (Å²) in [5.41, 5.74) is 2.89. The van der Waals surface area contributed by atoms with Crippen molar-refractivity contribution in [2.45, 2.75) is 51.6 Å². The summed E-state index contributed by atoms with van der Waals surface area (Å²) in [6.07, 6.45) is 7.25. The summed E-state index contributed by atoms with van der Waals surface area (Å²) in [5.74, 6) is 0.916. The Hall–Kier alpha value is -1.31. The molecule has 0 saturated heterocycles. The molecule has 0 spiro atoms. The van der Waals surface area contributed by atoms with Gasteiger partial charge in [0, 0.05) is 6.42 Å². The first-order valence-corrected chi connectivity index (χ1v) is 6.55. The zero-order valence-electron chi connectivity index (χ0n) is 10.4. The molecule has 1 aromatic carbocycles. The van der Waals surface area contributed by atoms with E-state index in [1.807, 2.05) is 13.0 Å². The van der Waals surface area contributed by atoms with Crippen molar-refractivity contribution in [3.63, 3.8) is 0 Å². The normalized spacial score (nSPS) is 16.1. The number of benzene rings is 1. The Morgan fingerprint density at radius 2 is 2.06 bits per heavy atom. The fourth-order valence-corrected chi connectivity index (χ4v) is 2.38. The van der Waals surface area contributed by atoms with Crippen molar-refractivity contribution < 1.29 is 9.53 Å². The van der Waals surface area contributed by atoms with E-state index in [4.69, 9.17) is 4.74 Å². The highest BCUT2D eigenvalue weighted by atomic mass is 16.5. The third-order valence-electron chi connectivity index (χ3n) is 3.44. The van der Waals surface area contributed by atoms with Crippen molar-refractivity contribution in [1.82, 2.24) is 0 Å². The van der Waals surface area contributed by atoms with Gasteiger partial charge in [0.25, 0.3) is 0 Å². The molecule has 0 N–H and O–H groups in total. The van der Waals surface area contributed by atoms with Gasteiger partial charge in [-0.15, -0.1) is 0 Å². The second kappa shape index (κ2) is 5.85. The van der Waals surface area contributed by atoms with Crippen molar-refractivity contribution >= 4 is 6.29 Å². The molecule has 1 aromatic rings. The van der Waals surface area contributed by atoms with Crippen LogP contribution < -0.4 is 4.74 Å². The Balaban J connectivity index is 2.08. The number of carbonyl (C=O) groups excluding carboxylic acids is 1. The molecule has 0 radical (unpaired) electrons. The fourth-order valence-electron chi connectivity index (χ4n) is 2.38. The number of carbonyl (C=O) groups is 1. The zero-order valence-corrected chi connectivity index (χ0v) is 10.4. The van der Waals surface area contributed by atoms with Crippen LogP contribution in [-0.4, -0.2) is 12.4 Å². The van der Waals surface area contributed by atoms with Crippen LogP contribution in [0.3, 0.4) is 0 Å². The van der Waals surface area contributed by atoms with Gasteiger partial charge in [0.05, 0.1) is 0 Å². The van der Waals surface area contributed by atoms with E-state index in [1.165, 1.54) is 30.4 Å². The highest BCUT2D eigenvalue weighted by molar-refractivity contribution is 5.50. The molecule has 0 aromatic heterocycles. The van der Waals surface area contributed by atoms with Gasteiger partial charge in [-0.2, -0.15) is 0 Å². The molecular weight excluding hydrogens is 212 g/mol. The molecule has 1 aliphatic carbocycles. The first-order valence-electron chi connectivity index (χ1n) is 6.55. The number of fused-ring (bicyclic) bond motifs is 1. The number of hydrogen-bond acceptors (Lipinski definition) is 2. The molecule has 17 heavy (non-hydrogen) atoms. The van der Waals surface area contributed by atoms with Crippen molar-refractivity contribution in [3.05, 3.63) is 29.3 Å². The van der Waals surface area contributed by atoms with Crippen LogP contribution in [0.5, 0.6) is 5.75 Å². The lowest BCUT2D eigenvalue weighted by Crippen LogP contribution is -2.16. The highest BCUT2D eigenvalue weighted by Gasteiger charge is 2.12. The third kappa shape index (κ3) is 3.09. The Bertz CT molecular complexity index is 385. The van der Waals surface area contributed by atoms with Crippen molar-refractivity contribution in [2.24, 2.45) is 0 Å². The molecule has 0 amide bonds. The van der Waals surface area contributed by atoms with E-state index in [9.17, 15) is 4.79 Å². The maximum absolute atomic E-state index is 10.5. The van der Waals surface area contributed by atoms with Crippen LogP contribution in [-0.2, 0) is 17.6 Å². The first-order chi connectivity index (χ1) is 8.33. The summed E-state index contributed by atoms with van der Waals surface area (Å²) in [7, 11) is 0. The Labute approximate surface area is 103 Å². The van der Waals surface area contributed by atoms with Gasteiger partial charge >= 0.3 is 0 Å². The monoisotopic (exact) mass is 232 g/mol. The molecule has 0 unspecified atom stereocenters. The molecular formula is C15H20O2. The molecule has 2 rings (SSSR count). The molecule has 1 atom stereocenters. The predicted octanol–water partition coefficient (Wildman–Crippen LogP) is 3.31. The lowest BCUT2D eigenvalue weighted by molar-refractivity contribution is -0.109. The van der Waals surface area contributed by atoms with E-state index >= 15 is 0 Å². The summed E-state index contributed by atoms with van der Waals surface area (Å²) in [6.45, 7) is 2.05. The molecule has 0 saturated carbocycles. The fraction of sp³-hybridized carbons (Fsp3) is 0.533. The summed E-state index contributed by atoms with van der Waals surface area (Å²) in [6, 6.07) is 6.37. The first kappa shape index (κ1) is 12.2. The number of hydrogen-bond donors (Lipinski definition) is 0. The van der Waals surface area contributed by atoms with Crippen molar-refractivity contribution in [2.75, 3.05) is 0 Å². The van der Waals surface area contributed by atoms with Crippen LogP contribution >= 0.6 is 0 Å². The molecule has 92 valence electrons. The average Bonchev–Trinajstić information content (AvgIpc) is 2.38. The summed E-state index contributed by atoms with van der Waals surface area (Å²) >= 11 is 0. The van der Waals surface area contributed by atoms with Crippen LogP contribution in [0.2, 0.25) is 0 Å². The number of rotatable bonds is 5. The molecule has 0 fully saturated rings. The molecule has 0 heterocycles. The quantitative estimate of drug-likeness (QED) is 0.728.